The first-order valence-corrected chi connectivity index (χ1v) is 8.78. The molecule has 2 N–H and O–H groups in total. The minimum atomic E-state index is -0.0355. The minimum Gasteiger partial charge on any atom is -0.496 e. The second kappa shape index (κ2) is 7.91. The average Bonchev–Trinajstić information content (AvgIpc) is 2.67. The van der Waals surface area contributed by atoms with Gasteiger partial charge in [0.15, 0.2) is 0 Å². The van der Waals surface area contributed by atoms with Crippen molar-refractivity contribution < 1.29 is 9.53 Å². The summed E-state index contributed by atoms with van der Waals surface area (Å²) in [7, 11) is 1.69. The van der Waals surface area contributed by atoms with E-state index in [4.69, 9.17) is 4.74 Å². The van der Waals surface area contributed by atoms with Gasteiger partial charge < -0.3 is 15.4 Å². The third-order valence-corrected chi connectivity index (χ3v) is 4.36. The second-order valence-corrected chi connectivity index (χ2v) is 6.54. The van der Waals surface area contributed by atoms with Crippen LogP contribution in [-0.2, 0) is 11.3 Å². The Kier molecular flexibility index (Phi) is 5.42. The highest BCUT2D eigenvalue weighted by atomic mass is 16.5. The molecule has 26 heavy (non-hydrogen) atoms. The van der Waals surface area contributed by atoms with Gasteiger partial charge in [0, 0.05) is 29.4 Å². The van der Waals surface area contributed by atoms with Crippen LogP contribution in [0.25, 0.3) is 10.8 Å². The summed E-state index contributed by atoms with van der Waals surface area (Å²) in [6, 6.07) is 20.1. The van der Waals surface area contributed by atoms with Crippen molar-refractivity contribution in [3.63, 3.8) is 0 Å². The largest absolute Gasteiger partial charge is 0.496 e. The van der Waals surface area contributed by atoms with Crippen LogP contribution in [0, 0.1) is 5.92 Å². The molecule has 134 valence electrons. The van der Waals surface area contributed by atoms with E-state index in [1.807, 2.05) is 56.3 Å². The first-order chi connectivity index (χ1) is 12.6. The molecule has 0 saturated carbocycles. The number of carbonyl (C=O) groups is 1. The molecule has 0 aliphatic heterocycles. The molecule has 0 spiro atoms. The lowest BCUT2D eigenvalue weighted by molar-refractivity contribution is -0.118. The molecule has 4 heteroatoms. The number of carbonyl (C=O) groups excluding carboxylic acids is 1. The molecule has 4 nitrogen and oxygen atoms in total. The van der Waals surface area contributed by atoms with Gasteiger partial charge in [0.05, 0.1) is 7.11 Å². The smallest absolute Gasteiger partial charge is 0.226 e. The molecule has 0 saturated heterocycles. The van der Waals surface area contributed by atoms with E-state index < -0.39 is 0 Å². The number of anilines is 2. The van der Waals surface area contributed by atoms with E-state index >= 15 is 0 Å². The van der Waals surface area contributed by atoms with E-state index in [9.17, 15) is 4.79 Å². The molecule has 0 radical (unpaired) electrons. The summed E-state index contributed by atoms with van der Waals surface area (Å²) in [6.45, 7) is 4.41. The van der Waals surface area contributed by atoms with Crippen LogP contribution in [0.3, 0.4) is 0 Å². The molecule has 3 aromatic carbocycles. The zero-order valence-electron chi connectivity index (χ0n) is 15.4. The van der Waals surface area contributed by atoms with Crippen molar-refractivity contribution >= 4 is 28.1 Å². The van der Waals surface area contributed by atoms with E-state index in [1.54, 1.807) is 7.11 Å². The molecule has 3 aromatic rings. The van der Waals surface area contributed by atoms with Crippen molar-refractivity contribution in [1.29, 1.82) is 0 Å². The molecule has 0 aliphatic carbocycles. The standard InChI is InChI=1S/C22H24N2O2/c1-15(2)22(25)24-18-11-9-17(10-12-18)23-14-20-19-7-5-4-6-16(19)8-13-21(20)26-3/h4-13,15,23H,14H2,1-3H3,(H,24,25). The summed E-state index contributed by atoms with van der Waals surface area (Å²) < 4.78 is 5.54. The maximum absolute atomic E-state index is 11.8. The Morgan fingerprint density at radius 1 is 0.962 bits per heavy atom. The molecule has 1 amide bonds. The first-order valence-electron chi connectivity index (χ1n) is 8.78. The fourth-order valence-electron chi connectivity index (χ4n) is 2.84. The van der Waals surface area contributed by atoms with Crippen LogP contribution in [-0.4, -0.2) is 13.0 Å². The van der Waals surface area contributed by atoms with Crippen LogP contribution < -0.4 is 15.4 Å². The lowest BCUT2D eigenvalue weighted by Crippen LogP contribution is -2.17. The van der Waals surface area contributed by atoms with E-state index in [2.05, 4.69) is 28.8 Å². The fraction of sp³-hybridized carbons (Fsp3) is 0.227. The summed E-state index contributed by atoms with van der Waals surface area (Å²) in [5.41, 5.74) is 2.92. The van der Waals surface area contributed by atoms with Gasteiger partial charge in [-0.05, 0) is 41.1 Å². The molecule has 0 aromatic heterocycles. The number of ether oxygens (including phenoxy) is 1. The molecular formula is C22H24N2O2. The molecule has 0 heterocycles. The van der Waals surface area contributed by atoms with Crippen LogP contribution in [0.4, 0.5) is 11.4 Å². The van der Waals surface area contributed by atoms with E-state index in [1.165, 1.54) is 10.8 Å². The Bertz CT molecular complexity index is 902. The Labute approximate surface area is 154 Å². The number of benzene rings is 3. The average molecular weight is 348 g/mol. The molecule has 0 aliphatic rings. The number of nitrogens with one attached hydrogen (secondary N) is 2. The fourth-order valence-corrected chi connectivity index (χ4v) is 2.84. The van der Waals surface area contributed by atoms with Crippen LogP contribution in [0.2, 0.25) is 0 Å². The predicted octanol–water partition coefficient (Wildman–Crippen LogP) is 5.06. The molecule has 3 rings (SSSR count). The van der Waals surface area contributed by atoms with Gasteiger partial charge in [-0.2, -0.15) is 0 Å². The number of rotatable bonds is 6. The monoisotopic (exact) mass is 348 g/mol. The zero-order chi connectivity index (χ0) is 18.5. The van der Waals surface area contributed by atoms with E-state index in [0.717, 1.165) is 22.7 Å². The van der Waals surface area contributed by atoms with Crippen molar-refractivity contribution in [2.45, 2.75) is 20.4 Å². The first kappa shape index (κ1) is 17.8. The van der Waals surface area contributed by atoms with Gasteiger partial charge in [-0.3, -0.25) is 4.79 Å². The number of hydrogen-bond donors (Lipinski definition) is 2. The summed E-state index contributed by atoms with van der Waals surface area (Å²) in [4.78, 5) is 11.8. The summed E-state index contributed by atoms with van der Waals surface area (Å²) in [6.07, 6.45) is 0. The number of fused-ring (bicyclic) bond motifs is 1. The zero-order valence-corrected chi connectivity index (χ0v) is 15.4. The molecule has 0 atom stereocenters. The van der Waals surface area contributed by atoms with Crippen molar-refractivity contribution in [3.8, 4) is 5.75 Å². The van der Waals surface area contributed by atoms with E-state index in [-0.39, 0.29) is 11.8 Å². The third-order valence-electron chi connectivity index (χ3n) is 4.36. The number of amides is 1. The molecule has 0 bridgehead atoms. The lowest BCUT2D eigenvalue weighted by Gasteiger charge is -2.14. The SMILES string of the molecule is COc1ccc2ccccc2c1CNc1ccc(NC(=O)C(C)C)cc1. The highest BCUT2D eigenvalue weighted by molar-refractivity contribution is 5.92. The Morgan fingerprint density at radius 2 is 1.65 bits per heavy atom. The molecular weight excluding hydrogens is 324 g/mol. The maximum Gasteiger partial charge on any atom is 0.226 e. The Balaban J connectivity index is 1.75. The highest BCUT2D eigenvalue weighted by Gasteiger charge is 2.09. The van der Waals surface area contributed by atoms with Crippen LogP contribution in [0.5, 0.6) is 5.75 Å². The van der Waals surface area contributed by atoms with Crippen molar-refractivity contribution in [2.75, 3.05) is 17.7 Å². The summed E-state index contributed by atoms with van der Waals surface area (Å²) in [5.74, 6) is 0.856. The summed E-state index contributed by atoms with van der Waals surface area (Å²) in [5, 5.41) is 8.71. The second-order valence-electron chi connectivity index (χ2n) is 6.54. The van der Waals surface area contributed by atoms with E-state index in [0.29, 0.717) is 6.54 Å². The minimum absolute atomic E-state index is 0.0196. The van der Waals surface area contributed by atoms with Crippen molar-refractivity contribution in [3.05, 3.63) is 66.2 Å². The number of methoxy groups -OCH3 is 1. The molecule has 0 fully saturated rings. The van der Waals surface area contributed by atoms with Crippen LogP contribution in [0.1, 0.15) is 19.4 Å². The topological polar surface area (TPSA) is 50.4 Å². The van der Waals surface area contributed by atoms with Gasteiger partial charge in [0.2, 0.25) is 5.91 Å². The summed E-state index contributed by atoms with van der Waals surface area (Å²) >= 11 is 0. The van der Waals surface area contributed by atoms with Crippen LogP contribution in [0.15, 0.2) is 60.7 Å². The predicted molar refractivity (Wildman–Crippen MR) is 108 cm³/mol. The third kappa shape index (κ3) is 3.97. The maximum atomic E-state index is 11.8. The molecule has 0 unspecified atom stereocenters. The van der Waals surface area contributed by atoms with Gasteiger partial charge >= 0.3 is 0 Å². The van der Waals surface area contributed by atoms with Gasteiger partial charge in [0.1, 0.15) is 5.75 Å². The normalized spacial score (nSPS) is 10.8. The van der Waals surface area contributed by atoms with Gasteiger partial charge in [-0.25, -0.2) is 0 Å². The van der Waals surface area contributed by atoms with Gasteiger partial charge in [-0.15, -0.1) is 0 Å². The van der Waals surface area contributed by atoms with Gasteiger partial charge in [0.25, 0.3) is 0 Å². The van der Waals surface area contributed by atoms with Gasteiger partial charge in [-0.1, -0.05) is 44.2 Å². The Morgan fingerprint density at radius 3 is 2.35 bits per heavy atom. The number of hydrogen-bond acceptors (Lipinski definition) is 3. The van der Waals surface area contributed by atoms with Crippen molar-refractivity contribution in [2.24, 2.45) is 5.92 Å². The highest BCUT2D eigenvalue weighted by Crippen LogP contribution is 2.29. The van der Waals surface area contributed by atoms with Crippen molar-refractivity contribution in [1.82, 2.24) is 0 Å². The quantitative estimate of drug-likeness (QED) is 0.655. The Hall–Kier alpha value is -3.01. The lowest BCUT2D eigenvalue weighted by atomic mass is 10.0. The van der Waals surface area contributed by atoms with Crippen LogP contribution >= 0.6 is 0 Å².